The maximum absolute atomic E-state index is 9.80. The monoisotopic (exact) mass is 169 g/mol. The van der Waals surface area contributed by atoms with Crippen LogP contribution < -0.4 is 0 Å². The fraction of sp³-hybridized carbons (Fsp3) is 0.750. The van der Waals surface area contributed by atoms with Crippen molar-refractivity contribution in [2.75, 3.05) is 0 Å². The Morgan fingerprint density at radius 1 is 1.58 bits per heavy atom. The van der Waals surface area contributed by atoms with Crippen LogP contribution in [0.2, 0.25) is 0 Å². The molecule has 68 valence electrons. The van der Waals surface area contributed by atoms with Crippen molar-refractivity contribution < 1.29 is 5.11 Å². The van der Waals surface area contributed by atoms with Gasteiger partial charge in [0.25, 0.3) is 0 Å². The van der Waals surface area contributed by atoms with Gasteiger partial charge in [0.15, 0.2) is 0 Å². The van der Waals surface area contributed by atoms with E-state index in [1.165, 1.54) is 6.33 Å². The molecule has 0 fully saturated rings. The van der Waals surface area contributed by atoms with Crippen molar-refractivity contribution in [2.45, 2.75) is 38.8 Å². The summed E-state index contributed by atoms with van der Waals surface area (Å²) in [5, 5.41) is 13.7. The van der Waals surface area contributed by atoms with Gasteiger partial charge in [-0.05, 0) is 13.3 Å². The second kappa shape index (κ2) is 3.67. The first kappa shape index (κ1) is 9.19. The lowest BCUT2D eigenvalue weighted by Gasteiger charge is -2.21. The number of aliphatic hydroxyl groups is 1. The van der Waals surface area contributed by atoms with E-state index in [2.05, 4.69) is 17.0 Å². The molecular weight excluding hydrogens is 154 g/mol. The van der Waals surface area contributed by atoms with Crippen molar-refractivity contribution >= 4 is 0 Å². The highest BCUT2D eigenvalue weighted by atomic mass is 16.3. The third-order valence-electron chi connectivity index (χ3n) is 1.76. The fourth-order valence-electron chi connectivity index (χ4n) is 1.28. The Labute approximate surface area is 72.2 Å². The van der Waals surface area contributed by atoms with Crippen molar-refractivity contribution in [1.82, 2.24) is 14.8 Å². The van der Waals surface area contributed by atoms with Crippen molar-refractivity contribution in [1.29, 1.82) is 0 Å². The Hall–Kier alpha value is -0.900. The molecule has 1 aromatic rings. The van der Waals surface area contributed by atoms with Crippen LogP contribution in [0.15, 0.2) is 12.7 Å². The molecule has 1 unspecified atom stereocenters. The minimum atomic E-state index is -0.664. The molecule has 0 aliphatic carbocycles. The Bertz CT molecular complexity index is 218. The van der Waals surface area contributed by atoms with Crippen LogP contribution in [-0.2, 0) is 6.54 Å². The Morgan fingerprint density at radius 2 is 2.33 bits per heavy atom. The molecule has 0 aromatic carbocycles. The molecule has 1 heterocycles. The molecule has 4 heteroatoms. The van der Waals surface area contributed by atoms with E-state index in [1.54, 1.807) is 11.0 Å². The first-order valence-electron chi connectivity index (χ1n) is 4.19. The average Bonchev–Trinajstić information content (AvgIpc) is 2.38. The molecule has 0 saturated carbocycles. The van der Waals surface area contributed by atoms with Crippen LogP contribution in [0.25, 0.3) is 0 Å². The molecule has 0 aliphatic rings. The van der Waals surface area contributed by atoms with Gasteiger partial charge in [0.05, 0.1) is 12.1 Å². The molecule has 0 spiro atoms. The molecular formula is C8H15N3O. The molecule has 1 atom stereocenters. The summed E-state index contributed by atoms with van der Waals surface area (Å²) < 4.78 is 1.65. The molecule has 4 nitrogen and oxygen atoms in total. The van der Waals surface area contributed by atoms with Crippen molar-refractivity contribution in [3.05, 3.63) is 12.7 Å². The summed E-state index contributed by atoms with van der Waals surface area (Å²) in [6.45, 7) is 4.38. The second-order valence-corrected chi connectivity index (χ2v) is 3.34. The summed E-state index contributed by atoms with van der Waals surface area (Å²) in [6, 6.07) is 0. The molecule has 0 aliphatic heterocycles. The van der Waals surface area contributed by atoms with Gasteiger partial charge in [0.2, 0.25) is 0 Å². The van der Waals surface area contributed by atoms with Gasteiger partial charge in [-0.3, -0.25) is 4.68 Å². The minimum absolute atomic E-state index is 0.515. The van der Waals surface area contributed by atoms with Crippen LogP contribution >= 0.6 is 0 Å². The third-order valence-corrected chi connectivity index (χ3v) is 1.76. The highest BCUT2D eigenvalue weighted by Gasteiger charge is 2.19. The summed E-state index contributed by atoms with van der Waals surface area (Å²) in [5.41, 5.74) is -0.664. The maximum atomic E-state index is 9.80. The molecule has 0 amide bonds. The number of rotatable bonds is 4. The molecule has 0 radical (unpaired) electrons. The predicted molar refractivity (Wildman–Crippen MR) is 45.6 cm³/mol. The van der Waals surface area contributed by atoms with E-state index in [9.17, 15) is 5.11 Å². The maximum Gasteiger partial charge on any atom is 0.137 e. The number of aromatic nitrogens is 3. The van der Waals surface area contributed by atoms with Gasteiger partial charge >= 0.3 is 0 Å². The number of hydrogen-bond donors (Lipinski definition) is 1. The van der Waals surface area contributed by atoms with Crippen LogP contribution in [0, 0.1) is 0 Å². The predicted octanol–water partition coefficient (Wildman–Crippen LogP) is 0.829. The molecule has 1 rings (SSSR count). The van der Waals surface area contributed by atoms with Crippen molar-refractivity contribution in [3.8, 4) is 0 Å². The first-order valence-corrected chi connectivity index (χ1v) is 4.19. The highest BCUT2D eigenvalue weighted by molar-refractivity contribution is 4.72. The van der Waals surface area contributed by atoms with Gasteiger partial charge in [-0.1, -0.05) is 13.3 Å². The zero-order valence-corrected chi connectivity index (χ0v) is 7.56. The third kappa shape index (κ3) is 2.62. The van der Waals surface area contributed by atoms with Gasteiger partial charge in [0.1, 0.15) is 12.7 Å². The average molecular weight is 169 g/mol. The van der Waals surface area contributed by atoms with Crippen LogP contribution in [0.3, 0.4) is 0 Å². The Kier molecular flexibility index (Phi) is 2.81. The van der Waals surface area contributed by atoms with Gasteiger partial charge in [-0.15, -0.1) is 0 Å². The lowest BCUT2D eigenvalue weighted by Crippen LogP contribution is -2.30. The normalized spacial score (nSPS) is 15.9. The van der Waals surface area contributed by atoms with E-state index in [4.69, 9.17) is 0 Å². The van der Waals surface area contributed by atoms with Crippen molar-refractivity contribution in [2.24, 2.45) is 0 Å². The minimum Gasteiger partial charge on any atom is -0.388 e. The quantitative estimate of drug-likeness (QED) is 0.726. The zero-order chi connectivity index (χ0) is 9.03. The molecule has 0 saturated heterocycles. The summed E-state index contributed by atoms with van der Waals surface area (Å²) in [4.78, 5) is 3.81. The van der Waals surface area contributed by atoms with Gasteiger partial charge in [0, 0.05) is 0 Å². The Morgan fingerprint density at radius 3 is 2.83 bits per heavy atom. The van der Waals surface area contributed by atoms with Crippen molar-refractivity contribution in [3.63, 3.8) is 0 Å². The van der Waals surface area contributed by atoms with Gasteiger partial charge in [-0.25, -0.2) is 4.98 Å². The van der Waals surface area contributed by atoms with Crippen LogP contribution in [0.1, 0.15) is 26.7 Å². The van der Waals surface area contributed by atoms with Gasteiger partial charge in [-0.2, -0.15) is 5.10 Å². The summed E-state index contributed by atoms with van der Waals surface area (Å²) in [7, 11) is 0. The largest absolute Gasteiger partial charge is 0.388 e. The van der Waals surface area contributed by atoms with Gasteiger partial charge < -0.3 is 5.11 Å². The summed E-state index contributed by atoms with van der Waals surface area (Å²) >= 11 is 0. The lowest BCUT2D eigenvalue weighted by atomic mass is 10.0. The molecule has 1 aromatic heterocycles. The highest BCUT2D eigenvalue weighted by Crippen LogP contribution is 2.13. The van der Waals surface area contributed by atoms with Crippen LogP contribution in [-0.4, -0.2) is 25.5 Å². The van der Waals surface area contributed by atoms with Crippen LogP contribution in [0.4, 0.5) is 0 Å². The number of nitrogens with zero attached hydrogens (tertiary/aromatic N) is 3. The lowest BCUT2D eigenvalue weighted by molar-refractivity contribution is 0.0289. The molecule has 0 bridgehead atoms. The standard InChI is InChI=1S/C8H15N3O/c1-3-4-8(2,12)5-11-7-9-6-10-11/h6-7,12H,3-5H2,1-2H3. The molecule has 12 heavy (non-hydrogen) atoms. The topological polar surface area (TPSA) is 50.9 Å². The van der Waals surface area contributed by atoms with Crippen LogP contribution in [0.5, 0.6) is 0 Å². The van der Waals surface area contributed by atoms with E-state index in [0.717, 1.165) is 12.8 Å². The van der Waals surface area contributed by atoms with E-state index < -0.39 is 5.60 Å². The summed E-state index contributed by atoms with van der Waals surface area (Å²) in [5.74, 6) is 0. The fourth-order valence-corrected chi connectivity index (χ4v) is 1.28. The summed E-state index contributed by atoms with van der Waals surface area (Å²) in [6.07, 6.45) is 4.85. The van der Waals surface area contributed by atoms with E-state index in [0.29, 0.717) is 6.54 Å². The zero-order valence-electron chi connectivity index (χ0n) is 7.56. The van der Waals surface area contributed by atoms with E-state index >= 15 is 0 Å². The molecule has 1 N–H and O–H groups in total. The van der Waals surface area contributed by atoms with E-state index in [-0.39, 0.29) is 0 Å². The number of hydrogen-bond acceptors (Lipinski definition) is 3. The second-order valence-electron chi connectivity index (χ2n) is 3.34. The smallest absolute Gasteiger partial charge is 0.137 e. The Balaban J connectivity index is 2.50. The SMILES string of the molecule is CCCC(C)(O)Cn1cncn1. The van der Waals surface area contributed by atoms with E-state index in [1.807, 2.05) is 6.92 Å². The first-order chi connectivity index (χ1) is 5.64.